The summed E-state index contributed by atoms with van der Waals surface area (Å²) in [7, 11) is 0. The first-order valence-corrected chi connectivity index (χ1v) is 10.4. The van der Waals surface area contributed by atoms with Crippen molar-refractivity contribution < 1.29 is 0 Å². The van der Waals surface area contributed by atoms with Crippen molar-refractivity contribution >= 4 is 53.1 Å². The van der Waals surface area contributed by atoms with Crippen LogP contribution in [0.25, 0.3) is 52.8 Å². The molecule has 0 radical (unpaired) electrons. The van der Waals surface area contributed by atoms with Crippen molar-refractivity contribution in [1.29, 1.82) is 0 Å². The predicted molar refractivity (Wildman–Crippen MR) is 125 cm³/mol. The number of hydrogen-bond acceptors (Lipinski definition) is 1. The molecule has 0 aliphatic heterocycles. The van der Waals surface area contributed by atoms with Crippen molar-refractivity contribution in [3.63, 3.8) is 0 Å². The Kier molecular flexibility index (Phi) is 3.35. The molecule has 0 saturated carbocycles. The summed E-state index contributed by atoms with van der Waals surface area (Å²) in [6, 6.07) is 33.3. The Hall–Kier alpha value is -3.16. The van der Waals surface area contributed by atoms with Gasteiger partial charge in [0.05, 0.1) is 0 Å². The molecule has 28 heavy (non-hydrogen) atoms. The lowest BCUT2D eigenvalue weighted by molar-refractivity contribution is 1.47. The molecular formula is C27H18S. The molecule has 0 aliphatic rings. The topological polar surface area (TPSA) is 0 Å². The molecule has 0 atom stereocenters. The van der Waals surface area contributed by atoms with Crippen LogP contribution in [0.15, 0.2) is 91.0 Å². The Labute approximate surface area is 167 Å². The summed E-state index contributed by atoms with van der Waals surface area (Å²) in [5.41, 5.74) is 3.92. The Balaban J connectivity index is 1.91. The van der Waals surface area contributed by atoms with Gasteiger partial charge in [0.15, 0.2) is 0 Å². The first kappa shape index (κ1) is 15.9. The zero-order valence-electron chi connectivity index (χ0n) is 15.6. The van der Waals surface area contributed by atoms with E-state index in [1.54, 1.807) is 0 Å². The molecule has 0 spiro atoms. The van der Waals surface area contributed by atoms with Gasteiger partial charge in [-0.2, -0.15) is 0 Å². The lowest BCUT2D eigenvalue weighted by Gasteiger charge is -2.10. The van der Waals surface area contributed by atoms with Crippen LogP contribution in [-0.2, 0) is 0 Å². The highest BCUT2D eigenvalue weighted by atomic mass is 32.1. The highest BCUT2D eigenvalue weighted by Gasteiger charge is 2.16. The largest absolute Gasteiger partial charge is 0.134 e. The van der Waals surface area contributed by atoms with Crippen LogP contribution in [0.4, 0.5) is 0 Å². The van der Waals surface area contributed by atoms with Gasteiger partial charge in [-0.15, -0.1) is 11.3 Å². The number of rotatable bonds is 1. The molecule has 1 heterocycles. The normalized spacial score (nSPS) is 11.8. The molecule has 0 nitrogen and oxygen atoms in total. The molecule has 0 fully saturated rings. The molecule has 0 bridgehead atoms. The summed E-state index contributed by atoms with van der Waals surface area (Å²) in [5.74, 6) is 0. The first-order chi connectivity index (χ1) is 13.8. The van der Waals surface area contributed by atoms with Gasteiger partial charge in [0, 0.05) is 20.2 Å². The molecule has 5 aromatic carbocycles. The van der Waals surface area contributed by atoms with Crippen molar-refractivity contribution in [2.75, 3.05) is 0 Å². The van der Waals surface area contributed by atoms with E-state index in [1.165, 1.54) is 58.4 Å². The quantitative estimate of drug-likeness (QED) is 0.271. The summed E-state index contributed by atoms with van der Waals surface area (Å²) >= 11 is 1.92. The van der Waals surface area contributed by atoms with Crippen molar-refractivity contribution in [1.82, 2.24) is 0 Å². The lowest BCUT2D eigenvalue weighted by Crippen LogP contribution is -1.84. The molecule has 1 aromatic heterocycles. The van der Waals surface area contributed by atoms with E-state index in [2.05, 4.69) is 97.9 Å². The fourth-order valence-electron chi connectivity index (χ4n) is 4.41. The average molecular weight is 375 g/mol. The summed E-state index contributed by atoms with van der Waals surface area (Å²) < 4.78 is 2.75. The minimum Gasteiger partial charge on any atom is -0.134 e. The predicted octanol–water partition coefficient (Wildman–Crippen LogP) is 8.34. The summed E-state index contributed by atoms with van der Waals surface area (Å²) in [5, 5.41) is 8.08. The fraction of sp³-hybridized carbons (Fsp3) is 0.0370. The molecule has 1 heteroatoms. The van der Waals surface area contributed by atoms with Gasteiger partial charge in [-0.05, 0) is 51.7 Å². The monoisotopic (exact) mass is 374 g/mol. The third-order valence-electron chi connectivity index (χ3n) is 5.68. The van der Waals surface area contributed by atoms with Gasteiger partial charge < -0.3 is 0 Å². The second-order valence-corrected chi connectivity index (χ2v) is 8.53. The standard InChI is InChI=1S/C27H18S/c1-17-7-6-10-19(15-17)23-16-20-9-3-5-12-22(20)27-26(23)25-21-11-4-2-8-18(21)13-14-24(25)28-27/h2-16H,1H3. The van der Waals surface area contributed by atoms with E-state index in [0.717, 1.165) is 0 Å². The van der Waals surface area contributed by atoms with Crippen LogP contribution in [0.5, 0.6) is 0 Å². The Morgan fingerprint density at radius 2 is 1.39 bits per heavy atom. The van der Waals surface area contributed by atoms with Crippen LogP contribution < -0.4 is 0 Å². The van der Waals surface area contributed by atoms with Crippen molar-refractivity contribution in [2.24, 2.45) is 0 Å². The maximum absolute atomic E-state index is 2.38. The average Bonchev–Trinajstić information content (AvgIpc) is 3.13. The van der Waals surface area contributed by atoms with E-state index in [4.69, 9.17) is 0 Å². The Bertz CT molecular complexity index is 1520. The van der Waals surface area contributed by atoms with Gasteiger partial charge in [-0.1, -0.05) is 84.4 Å². The van der Waals surface area contributed by atoms with Crippen LogP contribution in [-0.4, -0.2) is 0 Å². The molecule has 0 N–H and O–H groups in total. The smallest absolute Gasteiger partial charge is 0.0440 e. The number of aryl methyl sites for hydroxylation is 1. The van der Waals surface area contributed by atoms with Gasteiger partial charge >= 0.3 is 0 Å². The molecule has 0 amide bonds. The van der Waals surface area contributed by atoms with Crippen LogP contribution in [0.2, 0.25) is 0 Å². The van der Waals surface area contributed by atoms with E-state index in [0.29, 0.717) is 0 Å². The third-order valence-corrected chi connectivity index (χ3v) is 6.87. The Morgan fingerprint density at radius 3 is 2.25 bits per heavy atom. The van der Waals surface area contributed by atoms with Crippen molar-refractivity contribution in [3.8, 4) is 11.1 Å². The van der Waals surface area contributed by atoms with Crippen LogP contribution in [0, 0.1) is 6.92 Å². The van der Waals surface area contributed by atoms with Gasteiger partial charge in [0.2, 0.25) is 0 Å². The van der Waals surface area contributed by atoms with Crippen LogP contribution in [0.1, 0.15) is 5.56 Å². The van der Waals surface area contributed by atoms with Crippen molar-refractivity contribution in [2.45, 2.75) is 6.92 Å². The zero-order chi connectivity index (χ0) is 18.7. The Morgan fingerprint density at radius 1 is 0.607 bits per heavy atom. The fourth-order valence-corrected chi connectivity index (χ4v) is 5.69. The van der Waals surface area contributed by atoms with E-state index >= 15 is 0 Å². The zero-order valence-corrected chi connectivity index (χ0v) is 16.4. The molecule has 0 unspecified atom stereocenters. The van der Waals surface area contributed by atoms with Crippen LogP contribution >= 0.6 is 11.3 Å². The molecule has 132 valence electrons. The SMILES string of the molecule is Cc1cccc(-c2cc3ccccc3c3sc4ccc5ccccc5c4c23)c1. The second kappa shape index (κ2) is 5.92. The number of hydrogen-bond donors (Lipinski definition) is 0. The van der Waals surface area contributed by atoms with Crippen LogP contribution in [0.3, 0.4) is 0 Å². The summed E-state index contributed by atoms with van der Waals surface area (Å²) in [4.78, 5) is 0. The van der Waals surface area contributed by atoms with Gasteiger partial charge in [-0.25, -0.2) is 0 Å². The highest BCUT2D eigenvalue weighted by Crippen LogP contribution is 2.46. The first-order valence-electron chi connectivity index (χ1n) is 9.62. The molecule has 0 saturated heterocycles. The number of fused-ring (bicyclic) bond motifs is 7. The van der Waals surface area contributed by atoms with Gasteiger partial charge in [0.25, 0.3) is 0 Å². The van der Waals surface area contributed by atoms with E-state index in [1.807, 2.05) is 11.3 Å². The van der Waals surface area contributed by atoms with Gasteiger partial charge in [0.1, 0.15) is 0 Å². The molecular weight excluding hydrogens is 356 g/mol. The molecule has 0 aliphatic carbocycles. The second-order valence-electron chi connectivity index (χ2n) is 7.48. The summed E-state index contributed by atoms with van der Waals surface area (Å²) in [6.07, 6.45) is 0. The number of thiophene rings is 1. The summed E-state index contributed by atoms with van der Waals surface area (Å²) in [6.45, 7) is 2.17. The minimum absolute atomic E-state index is 1.29. The van der Waals surface area contributed by atoms with E-state index in [9.17, 15) is 0 Å². The minimum atomic E-state index is 1.29. The van der Waals surface area contributed by atoms with E-state index < -0.39 is 0 Å². The maximum Gasteiger partial charge on any atom is 0.0440 e. The van der Waals surface area contributed by atoms with E-state index in [-0.39, 0.29) is 0 Å². The van der Waals surface area contributed by atoms with Gasteiger partial charge in [-0.3, -0.25) is 0 Å². The number of benzene rings is 5. The van der Waals surface area contributed by atoms with Crippen molar-refractivity contribution in [3.05, 3.63) is 96.6 Å². The third kappa shape index (κ3) is 2.23. The molecule has 6 rings (SSSR count). The molecule has 6 aromatic rings. The maximum atomic E-state index is 2.38. The highest BCUT2D eigenvalue weighted by molar-refractivity contribution is 7.27. The lowest BCUT2D eigenvalue weighted by atomic mass is 9.93.